The molecular weight excluding hydrogens is 344 g/mol. The number of aliphatic hydroxyl groups is 1. The zero-order valence-corrected chi connectivity index (χ0v) is 16.8. The predicted octanol–water partition coefficient (Wildman–Crippen LogP) is 3.63. The van der Waals surface area contributed by atoms with Gasteiger partial charge in [0.2, 0.25) is 0 Å². The fourth-order valence-corrected chi connectivity index (χ4v) is 7.67. The van der Waals surface area contributed by atoms with Crippen LogP contribution in [0, 0.1) is 40.4 Å². The molecule has 8 atom stereocenters. The van der Waals surface area contributed by atoms with Crippen molar-refractivity contribution in [3.8, 4) is 0 Å². The Morgan fingerprint density at radius 3 is 2.81 bits per heavy atom. The van der Waals surface area contributed by atoms with E-state index in [9.17, 15) is 14.7 Å². The maximum absolute atomic E-state index is 12.7. The van der Waals surface area contributed by atoms with Gasteiger partial charge < -0.3 is 5.11 Å². The Morgan fingerprint density at radius 1 is 1.38 bits per heavy atom. The second-order valence-corrected chi connectivity index (χ2v) is 9.93. The van der Waals surface area contributed by atoms with E-state index in [1.165, 1.54) is 5.57 Å². The number of hydrogen-bond donors (Lipinski definition) is 2. The van der Waals surface area contributed by atoms with E-state index in [0.717, 1.165) is 19.3 Å². The molecule has 3 nitrogen and oxygen atoms in total. The van der Waals surface area contributed by atoms with Crippen LogP contribution in [0.3, 0.4) is 0 Å². The van der Waals surface area contributed by atoms with Gasteiger partial charge in [-0.1, -0.05) is 32.4 Å². The number of fused-ring (bicyclic) bond motifs is 5. The van der Waals surface area contributed by atoms with Crippen LogP contribution in [-0.2, 0) is 9.59 Å². The lowest BCUT2D eigenvalue weighted by Crippen LogP contribution is -2.56. The van der Waals surface area contributed by atoms with Gasteiger partial charge in [-0.05, 0) is 61.0 Å². The molecule has 1 N–H and O–H groups in total. The molecule has 0 radical (unpaired) electrons. The Hall–Kier alpha value is -0.870. The van der Waals surface area contributed by atoms with Gasteiger partial charge in [0.15, 0.2) is 5.78 Å². The molecule has 0 amide bonds. The molecule has 0 aromatic rings. The molecule has 4 aliphatic rings. The summed E-state index contributed by atoms with van der Waals surface area (Å²) in [7, 11) is 0. The van der Waals surface area contributed by atoms with Crippen molar-refractivity contribution >= 4 is 24.2 Å². The molecule has 4 unspecified atom stereocenters. The van der Waals surface area contributed by atoms with Crippen LogP contribution >= 0.6 is 12.6 Å². The molecule has 4 aliphatic carbocycles. The van der Waals surface area contributed by atoms with Gasteiger partial charge in [-0.3, -0.25) is 9.59 Å². The highest BCUT2D eigenvalue weighted by molar-refractivity contribution is 7.81. The van der Waals surface area contributed by atoms with Crippen LogP contribution in [0.15, 0.2) is 23.8 Å². The smallest absolute Gasteiger partial charge is 0.178 e. The SMILES string of the molecule is C[C@@H]1CC2[C@@H]3CCC4=CC(=O)C=C[C@]4(C)C3C(O)C[C@]2(C)C1C(=O)CS. The molecular formula is C22H30O3S. The number of thiol groups is 1. The van der Waals surface area contributed by atoms with Gasteiger partial charge in [0.25, 0.3) is 0 Å². The van der Waals surface area contributed by atoms with E-state index < -0.39 is 6.10 Å². The molecule has 0 aromatic heterocycles. The summed E-state index contributed by atoms with van der Waals surface area (Å²) >= 11 is 4.26. The Kier molecular flexibility index (Phi) is 4.31. The van der Waals surface area contributed by atoms with E-state index >= 15 is 0 Å². The molecule has 3 fully saturated rings. The van der Waals surface area contributed by atoms with Crippen LogP contribution < -0.4 is 0 Å². The molecule has 3 saturated carbocycles. The molecule has 0 aliphatic heterocycles. The van der Waals surface area contributed by atoms with E-state index in [1.54, 1.807) is 12.2 Å². The summed E-state index contributed by atoms with van der Waals surface area (Å²) in [5, 5.41) is 11.3. The van der Waals surface area contributed by atoms with Crippen LogP contribution in [0.2, 0.25) is 0 Å². The fraction of sp³-hybridized carbons (Fsp3) is 0.727. The first-order valence-corrected chi connectivity index (χ1v) is 10.6. The minimum absolute atomic E-state index is 0.00817. The summed E-state index contributed by atoms with van der Waals surface area (Å²) in [6.45, 7) is 6.63. The summed E-state index contributed by atoms with van der Waals surface area (Å²) in [5.41, 5.74) is 0.820. The quantitative estimate of drug-likeness (QED) is 0.726. The van der Waals surface area contributed by atoms with Crippen LogP contribution in [0.5, 0.6) is 0 Å². The second kappa shape index (κ2) is 6.07. The highest BCUT2D eigenvalue weighted by Gasteiger charge is 2.63. The van der Waals surface area contributed by atoms with E-state index in [0.29, 0.717) is 24.2 Å². The van der Waals surface area contributed by atoms with E-state index in [1.807, 2.05) is 6.08 Å². The molecule has 0 saturated heterocycles. The van der Waals surface area contributed by atoms with Crippen molar-refractivity contribution in [2.45, 2.75) is 52.6 Å². The monoisotopic (exact) mass is 374 g/mol. The zero-order chi connectivity index (χ0) is 18.9. The number of ketones is 2. The number of hydrogen-bond acceptors (Lipinski definition) is 4. The molecule has 0 spiro atoms. The normalized spacial score (nSPS) is 49.9. The molecule has 4 rings (SSSR count). The zero-order valence-electron chi connectivity index (χ0n) is 15.9. The maximum atomic E-state index is 12.7. The van der Waals surface area contributed by atoms with E-state index in [2.05, 4.69) is 33.4 Å². The maximum Gasteiger partial charge on any atom is 0.178 e. The lowest BCUT2D eigenvalue weighted by Gasteiger charge is -2.58. The Labute approximate surface area is 161 Å². The number of carbonyl (C=O) groups excluding carboxylic acids is 2. The highest BCUT2D eigenvalue weighted by Crippen LogP contribution is 2.67. The highest BCUT2D eigenvalue weighted by atomic mass is 32.1. The number of aliphatic hydroxyl groups excluding tert-OH is 1. The number of Topliss-reactive ketones (excluding diaryl/α,β-unsaturated/α-hetero) is 1. The lowest BCUT2D eigenvalue weighted by molar-refractivity contribution is -0.138. The van der Waals surface area contributed by atoms with Crippen LogP contribution in [0.25, 0.3) is 0 Å². The second-order valence-electron chi connectivity index (χ2n) is 9.62. The summed E-state index contributed by atoms with van der Waals surface area (Å²) in [6.07, 6.45) is 8.75. The predicted molar refractivity (Wildman–Crippen MR) is 105 cm³/mol. The average molecular weight is 375 g/mol. The first-order valence-electron chi connectivity index (χ1n) is 9.98. The van der Waals surface area contributed by atoms with Crippen molar-refractivity contribution in [1.82, 2.24) is 0 Å². The van der Waals surface area contributed by atoms with E-state index in [4.69, 9.17) is 0 Å². The molecule has 0 heterocycles. The van der Waals surface area contributed by atoms with Crippen molar-refractivity contribution in [2.75, 3.05) is 5.75 Å². The Bertz CT molecular complexity index is 710. The van der Waals surface area contributed by atoms with Crippen molar-refractivity contribution in [1.29, 1.82) is 0 Å². The molecule has 26 heavy (non-hydrogen) atoms. The van der Waals surface area contributed by atoms with Gasteiger partial charge in [0.1, 0.15) is 5.78 Å². The third-order valence-corrected chi connectivity index (χ3v) is 8.65. The summed E-state index contributed by atoms with van der Waals surface area (Å²) in [4.78, 5) is 24.5. The third-order valence-electron chi connectivity index (χ3n) is 8.34. The molecule has 4 heteroatoms. The van der Waals surface area contributed by atoms with Gasteiger partial charge in [-0.15, -0.1) is 0 Å². The first-order chi connectivity index (χ1) is 12.2. The van der Waals surface area contributed by atoms with E-state index in [-0.39, 0.29) is 40.0 Å². The molecule has 142 valence electrons. The molecule has 0 bridgehead atoms. The largest absolute Gasteiger partial charge is 0.393 e. The van der Waals surface area contributed by atoms with Gasteiger partial charge in [0, 0.05) is 23.0 Å². The van der Waals surface area contributed by atoms with Crippen molar-refractivity contribution in [3.05, 3.63) is 23.8 Å². The standard InChI is InChI=1S/C22H30O3S/c1-12-8-16-15-5-4-13-9-14(23)6-7-21(13,2)20(15)17(24)10-22(16,3)19(12)18(25)11-26/h6-7,9,12,15-17,19-20,24,26H,4-5,8,10-11H2,1-3H3/t12-,15+,16?,17?,19?,20?,21+,22+/m1/s1. The Balaban J connectivity index is 1.74. The summed E-state index contributed by atoms with van der Waals surface area (Å²) in [5.74, 6) is 1.96. The lowest BCUT2D eigenvalue weighted by atomic mass is 9.46. The van der Waals surface area contributed by atoms with Crippen molar-refractivity contribution < 1.29 is 14.7 Å². The van der Waals surface area contributed by atoms with Crippen molar-refractivity contribution in [3.63, 3.8) is 0 Å². The Morgan fingerprint density at radius 2 is 2.12 bits per heavy atom. The van der Waals surface area contributed by atoms with Gasteiger partial charge in [-0.2, -0.15) is 12.6 Å². The van der Waals surface area contributed by atoms with Crippen LogP contribution in [0.1, 0.15) is 46.5 Å². The number of allylic oxidation sites excluding steroid dienone is 4. The van der Waals surface area contributed by atoms with Gasteiger partial charge in [-0.25, -0.2) is 0 Å². The van der Waals surface area contributed by atoms with Gasteiger partial charge in [0.05, 0.1) is 6.10 Å². The van der Waals surface area contributed by atoms with Crippen molar-refractivity contribution in [2.24, 2.45) is 40.4 Å². The molecule has 0 aromatic carbocycles. The average Bonchev–Trinajstić information content (AvgIpc) is 2.84. The number of carbonyl (C=O) groups is 2. The topological polar surface area (TPSA) is 54.4 Å². The fourth-order valence-electron chi connectivity index (χ4n) is 7.48. The minimum Gasteiger partial charge on any atom is -0.393 e. The first kappa shape index (κ1) is 18.5. The number of rotatable bonds is 2. The minimum atomic E-state index is -0.437. The van der Waals surface area contributed by atoms with Crippen LogP contribution in [0.4, 0.5) is 0 Å². The third kappa shape index (κ3) is 2.37. The summed E-state index contributed by atoms with van der Waals surface area (Å²) < 4.78 is 0. The van der Waals surface area contributed by atoms with Crippen LogP contribution in [-0.4, -0.2) is 28.5 Å². The van der Waals surface area contributed by atoms with Gasteiger partial charge >= 0.3 is 0 Å². The summed E-state index contributed by atoms with van der Waals surface area (Å²) in [6, 6.07) is 0.